The zero-order valence-corrected chi connectivity index (χ0v) is 19.6. The number of hydrogen-bond donors (Lipinski definition) is 2. The van der Waals surface area contributed by atoms with Crippen molar-refractivity contribution in [2.45, 2.75) is 67.3 Å². The zero-order chi connectivity index (χ0) is 23.5. The van der Waals surface area contributed by atoms with Crippen LogP contribution in [0.1, 0.15) is 67.5 Å². The molecular weight excluding hydrogens is 393 g/mol. The number of amides is 1. The molecule has 0 aliphatic carbocycles. The molecule has 0 spiro atoms. The van der Waals surface area contributed by atoms with Crippen molar-refractivity contribution in [2.24, 2.45) is 11.8 Å². The number of nitrogens with one attached hydrogen (secondary N) is 1. The van der Waals surface area contributed by atoms with Gasteiger partial charge in [0.15, 0.2) is 0 Å². The summed E-state index contributed by atoms with van der Waals surface area (Å²) in [6.07, 6.45) is 0.531. The molecule has 0 bridgehead atoms. The van der Waals surface area contributed by atoms with E-state index >= 15 is 0 Å². The molecule has 2 atom stereocenters. The van der Waals surface area contributed by atoms with Crippen molar-refractivity contribution in [3.8, 4) is 11.1 Å². The molecule has 0 saturated heterocycles. The molecule has 4 nitrogen and oxygen atoms in total. The number of benzene rings is 2. The second-order valence-corrected chi connectivity index (χ2v) is 9.11. The predicted octanol–water partition coefficient (Wildman–Crippen LogP) is 6.04. The maximum Gasteiger partial charge on any atom is 0.305 e. The standard InChI is InChI=1S/C26H34FNO3/c1-14(2)8-18(6)26(31)28-23(13-24(29)30)22-12-20(9-15(3)19(22)7)25-16(4)10-21(27)11-17(25)5/h9-12,14,18,23H,8,13H2,1-7H3,(H,28,31)(H,29,30)/t18-,23?/m0/s1. The van der Waals surface area contributed by atoms with Crippen molar-refractivity contribution in [1.29, 1.82) is 0 Å². The van der Waals surface area contributed by atoms with Crippen molar-refractivity contribution in [1.82, 2.24) is 5.32 Å². The molecule has 1 unspecified atom stereocenters. The number of halogens is 1. The summed E-state index contributed by atoms with van der Waals surface area (Å²) in [5, 5.41) is 12.5. The Kier molecular flexibility index (Phi) is 7.99. The third-order valence-corrected chi connectivity index (χ3v) is 5.84. The fourth-order valence-corrected chi connectivity index (χ4v) is 4.30. The topological polar surface area (TPSA) is 66.4 Å². The quantitative estimate of drug-likeness (QED) is 0.540. The molecule has 168 valence electrons. The number of carboxylic acid groups (broad SMARTS) is 1. The van der Waals surface area contributed by atoms with E-state index in [4.69, 9.17) is 0 Å². The average molecular weight is 428 g/mol. The van der Waals surface area contributed by atoms with Gasteiger partial charge >= 0.3 is 5.97 Å². The predicted molar refractivity (Wildman–Crippen MR) is 123 cm³/mol. The Morgan fingerprint density at radius 1 is 0.968 bits per heavy atom. The Bertz CT molecular complexity index is 958. The lowest BCUT2D eigenvalue weighted by Gasteiger charge is -2.24. The van der Waals surface area contributed by atoms with Crippen molar-refractivity contribution in [3.05, 3.63) is 57.9 Å². The van der Waals surface area contributed by atoms with Gasteiger partial charge in [-0.05, 0) is 97.2 Å². The minimum Gasteiger partial charge on any atom is -0.481 e. The van der Waals surface area contributed by atoms with Crippen LogP contribution in [0.3, 0.4) is 0 Å². The van der Waals surface area contributed by atoms with Gasteiger partial charge in [0.1, 0.15) is 5.82 Å². The van der Waals surface area contributed by atoms with E-state index < -0.39 is 12.0 Å². The number of aliphatic carboxylic acids is 1. The van der Waals surface area contributed by atoms with E-state index in [9.17, 15) is 19.1 Å². The fourth-order valence-electron chi connectivity index (χ4n) is 4.30. The summed E-state index contributed by atoms with van der Waals surface area (Å²) in [6, 6.07) is 6.34. The maximum absolute atomic E-state index is 13.8. The molecule has 2 aromatic rings. The van der Waals surface area contributed by atoms with Gasteiger partial charge in [-0.3, -0.25) is 9.59 Å². The van der Waals surface area contributed by atoms with Gasteiger partial charge in [-0.1, -0.05) is 26.8 Å². The van der Waals surface area contributed by atoms with Gasteiger partial charge in [-0.25, -0.2) is 4.39 Å². The number of carbonyl (C=O) groups excluding carboxylic acids is 1. The van der Waals surface area contributed by atoms with Crippen LogP contribution in [0.4, 0.5) is 4.39 Å². The van der Waals surface area contributed by atoms with Crippen LogP contribution >= 0.6 is 0 Å². The number of hydrogen-bond acceptors (Lipinski definition) is 2. The highest BCUT2D eigenvalue weighted by atomic mass is 19.1. The summed E-state index contributed by atoms with van der Waals surface area (Å²) >= 11 is 0. The molecule has 2 rings (SSSR count). The van der Waals surface area contributed by atoms with Crippen molar-refractivity contribution in [3.63, 3.8) is 0 Å². The Labute approximate surface area is 184 Å². The highest BCUT2D eigenvalue weighted by Gasteiger charge is 2.24. The fraction of sp³-hybridized carbons (Fsp3) is 0.462. The smallest absolute Gasteiger partial charge is 0.305 e. The van der Waals surface area contributed by atoms with Gasteiger partial charge in [-0.2, -0.15) is 0 Å². The van der Waals surface area contributed by atoms with Crippen LogP contribution in [-0.4, -0.2) is 17.0 Å². The Balaban J connectivity index is 2.54. The van der Waals surface area contributed by atoms with Gasteiger partial charge in [0.2, 0.25) is 5.91 Å². The SMILES string of the molecule is Cc1cc(-c2c(C)cc(F)cc2C)cc(C(CC(=O)O)NC(=O)[C@@H](C)CC(C)C)c1C. The van der Waals surface area contributed by atoms with E-state index in [-0.39, 0.29) is 24.1 Å². The largest absolute Gasteiger partial charge is 0.481 e. The molecule has 0 heterocycles. The summed E-state index contributed by atoms with van der Waals surface area (Å²) in [6.45, 7) is 13.6. The lowest BCUT2D eigenvalue weighted by Crippen LogP contribution is -2.35. The van der Waals surface area contributed by atoms with E-state index in [1.165, 1.54) is 12.1 Å². The third kappa shape index (κ3) is 6.16. The highest BCUT2D eigenvalue weighted by Crippen LogP contribution is 2.34. The third-order valence-electron chi connectivity index (χ3n) is 5.84. The molecule has 0 aliphatic rings. The molecule has 0 radical (unpaired) electrons. The first kappa shape index (κ1) is 24.6. The first-order valence-corrected chi connectivity index (χ1v) is 10.8. The molecule has 2 N–H and O–H groups in total. The Morgan fingerprint density at radius 3 is 2.06 bits per heavy atom. The number of carbonyl (C=O) groups is 2. The lowest BCUT2D eigenvalue weighted by molar-refractivity contribution is -0.138. The lowest BCUT2D eigenvalue weighted by atomic mass is 9.87. The zero-order valence-electron chi connectivity index (χ0n) is 19.6. The van der Waals surface area contributed by atoms with E-state index in [1.54, 1.807) is 0 Å². The van der Waals surface area contributed by atoms with Crippen molar-refractivity contribution >= 4 is 11.9 Å². The van der Waals surface area contributed by atoms with Gasteiger partial charge in [0.05, 0.1) is 12.5 Å². The van der Waals surface area contributed by atoms with Crippen molar-refractivity contribution < 1.29 is 19.1 Å². The molecule has 0 aromatic heterocycles. The summed E-state index contributed by atoms with van der Waals surface area (Å²) in [5.41, 5.74) is 6.18. The number of carboxylic acids is 1. The van der Waals surface area contributed by atoms with E-state index in [0.717, 1.165) is 45.4 Å². The average Bonchev–Trinajstić information content (AvgIpc) is 2.62. The van der Waals surface area contributed by atoms with Crippen LogP contribution < -0.4 is 5.32 Å². The number of rotatable bonds is 8. The van der Waals surface area contributed by atoms with Crippen LogP contribution in [0.5, 0.6) is 0 Å². The normalized spacial score (nSPS) is 13.2. The minimum absolute atomic E-state index is 0.142. The first-order chi connectivity index (χ1) is 14.4. The van der Waals surface area contributed by atoms with Crippen LogP contribution in [-0.2, 0) is 9.59 Å². The number of aryl methyl sites for hydroxylation is 3. The van der Waals surface area contributed by atoms with Gasteiger partial charge in [0.25, 0.3) is 0 Å². The maximum atomic E-state index is 13.8. The first-order valence-electron chi connectivity index (χ1n) is 10.8. The van der Waals surface area contributed by atoms with Crippen LogP contribution in [0.15, 0.2) is 24.3 Å². The van der Waals surface area contributed by atoms with E-state index in [0.29, 0.717) is 5.92 Å². The minimum atomic E-state index is -0.974. The molecule has 0 saturated carbocycles. The highest BCUT2D eigenvalue weighted by molar-refractivity contribution is 5.80. The summed E-state index contributed by atoms with van der Waals surface area (Å²) in [4.78, 5) is 24.4. The van der Waals surface area contributed by atoms with Crippen molar-refractivity contribution in [2.75, 3.05) is 0 Å². The summed E-state index contributed by atoms with van der Waals surface area (Å²) in [5.74, 6) is -1.23. The molecule has 31 heavy (non-hydrogen) atoms. The molecular formula is C26H34FNO3. The molecule has 0 aliphatic heterocycles. The molecule has 5 heteroatoms. The Hall–Kier alpha value is -2.69. The molecule has 2 aromatic carbocycles. The van der Waals surface area contributed by atoms with E-state index in [1.807, 2.05) is 46.8 Å². The van der Waals surface area contributed by atoms with Gasteiger partial charge in [0, 0.05) is 5.92 Å². The second kappa shape index (κ2) is 10.1. The second-order valence-electron chi connectivity index (χ2n) is 9.11. The summed E-state index contributed by atoms with van der Waals surface area (Å²) < 4.78 is 13.8. The Morgan fingerprint density at radius 2 is 1.55 bits per heavy atom. The summed E-state index contributed by atoms with van der Waals surface area (Å²) in [7, 11) is 0. The van der Waals surface area contributed by atoms with Crippen LogP contribution in [0.2, 0.25) is 0 Å². The monoisotopic (exact) mass is 427 g/mol. The van der Waals surface area contributed by atoms with Gasteiger partial charge in [-0.15, -0.1) is 0 Å². The van der Waals surface area contributed by atoms with E-state index in [2.05, 4.69) is 19.2 Å². The molecule has 1 amide bonds. The van der Waals surface area contributed by atoms with Gasteiger partial charge < -0.3 is 10.4 Å². The van der Waals surface area contributed by atoms with Crippen LogP contribution in [0, 0.1) is 45.3 Å². The molecule has 0 fully saturated rings. The van der Waals surface area contributed by atoms with Crippen LogP contribution in [0.25, 0.3) is 11.1 Å².